The molecule has 146 valence electrons. The van der Waals surface area contributed by atoms with Crippen LogP contribution in [-0.2, 0) is 23.7 Å². The fourth-order valence-corrected chi connectivity index (χ4v) is 1.85. The van der Waals surface area contributed by atoms with Crippen LogP contribution in [0.1, 0.15) is 37.6 Å². The summed E-state index contributed by atoms with van der Waals surface area (Å²) in [6.07, 6.45) is 0.230. The van der Waals surface area contributed by atoms with Crippen LogP contribution in [0.5, 0.6) is 5.75 Å². The number of carbonyl (C=O) groups excluding carboxylic acids is 2. The zero-order valence-electron chi connectivity index (χ0n) is 15.9. The summed E-state index contributed by atoms with van der Waals surface area (Å²) in [5.41, 5.74) is -0.0990. The average molecular weight is 368 g/mol. The topological polar surface area (TPSA) is 80.3 Å². The van der Waals surface area contributed by atoms with Crippen LogP contribution in [0.25, 0.3) is 0 Å². The van der Waals surface area contributed by atoms with E-state index in [0.29, 0.717) is 44.3 Å². The van der Waals surface area contributed by atoms with E-state index in [2.05, 4.69) is 4.74 Å². The number of hydrogen-bond donors (Lipinski definition) is 0. The first-order valence-corrected chi connectivity index (χ1v) is 8.50. The Morgan fingerprint density at radius 3 is 2.27 bits per heavy atom. The van der Waals surface area contributed by atoms with E-state index in [-0.39, 0.29) is 18.4 Å². The Morgan fingerprint density at radius 2 is 1.62 bits per heavy atom. The number of carbonyl (C=O) groups is 2. The number of benzene rings is 1. The molecule has 7 nitrogen and oxygen atoms in total. The fourth-order valence-electron chi connectivity index (χ4n) is 1.85. The van der Waals surface area contributed by atoms with E-state index in [0.717, 1.165) is 0 Å². The standard InChI is InChI=1S/C19H28O7/c1-19(2,3)26-18(21)15-6-5-7-16(14-15)25-13-12-24-11-10-23-9-8-17(20)22-4/h5-7,14H,8-13H2,1-4H3. The molecular weight excluding hydrogens is 340 g/mol. The summed E-state index contributed by atoms with van der Waals surface area (Å²) in [6, 6.07) is 6.83. The quantitative estimate of drug-likeness (QED) is 0.439. The van der Waals surface area contributed by atoms with Gasteiger partial charge in [-0.15, -0.1) is 0 Å². The normalized spacial score (nSPS) is 11.1. The Hall–Kier alpha value is -2.12. The number of hydrogen-bond acceptors (Lipinski definition) is 7. The Kier molecular flexibility index (Phi) is 9.69. The molecule has 26 heavy (non-hydrogen) atoms. The summed E-state index contributed by atoms with van der Waals surface area (Å²) in [4.78, 5) is 22.9. The van der Waals surface area contributed by atoms with E-state index in [4.69, 9.17) is 18.9 Å². The van der Waals surface area contributed by atoms with Crippen LogP contribution >= 0.6 is 0 Å². The molecule has 7 heteroatoms. The third kappa shape index (κ3) is 10.0. The molecule has 0 radical (unpaired) electrons. The third-order valence-corrected chi connectivity index (χ3v) is 3.02. The van der Waals surface area contributed by atoms with Crippen molar-refractivity contribution in [1.82, 2.24) is 0 Å². The molecule has 0 atom stereocenters. The average Bonchev–Trinajstić information content (AvgIpc) is 2.58. The summed E-state index contributed by atoms with van der Waals surface area (Å²) in [7, 11) is 1.34. The highest BCUT2D eigenvalue weighted by Gasteiger charge is 2.18. The molecule has 1 aromatic carbocycles. The number of esters is 2. The lowest BCUT2D eigenvalue weighted by Gasteiger charge is -2.19. The van der Waals surface area contributed by atoms with E-state index in [1.54, 1.807) is 24.3 Å². The van der Waals surface area contributed by atoms with E-state index < -0.39 is 5.60 Å². The van der Waals surface area contributed by atoms with E-state index in [9.17, 15) is 9.59 Å². The highest BCUT2D eigenvalue weighted by atomic mass is 16.6. The van der Waals surface area contributed by atoms with Gasteiger partial charge in [-0.3, -0.25) is 4.79 Å². The van der Waals surface area contributed by atoms with Crippen molar-refractivity contribution in [2.75, 3.05) is 40.1 Å². The molecule has 0 amide bonds. The molecule has 0 N–H and O–H groups in total. The molecule has 0 aliphatic rings. The maximum Gasteiger partial charge on any atom is 0.338 e. The largest absolute Gasteiger partial charge is 0.491 e. The van der Waals surface area contributed by atoms with Crippen molar-refractivity contribution in [3.05, 3.63) is 29.8 Å². The van der Waals surface area contributed by atoms with Crippen LogP contribution < -0.4 is 4.74 Å². The Morgan fingerprint density at radius 1 is 0.962 bits per heavy atom. The van der Waals surface area contributed by atoms with Crippen LogP contribution in [0.2, 0.25) is 0 Å². The van der Waals surface area contributed by atoms with Gasteiger partial charge in [0.05, 0.1) is 45.5 Å². The molecular formula is C19H28O7. The minimum absolute atomic E-state index is 0.230. The number of ether oxygens (including phenoxy) is 5. The van der Waals surface area contributed by atoms with Gasteiger partial charge < -0.3 is 23.7 Å². The zero-order chi connectivity index (χ0) is 19.4. The van der Waals surface area contributed by atoms with Gasteiger partial charge in [0.25, 0.3) is 0 Å². The minimum Gasteiger partial charge on any atom is -0.491 e. The van der Waals surface area contributed by atoms with E-state index in [1.807, 2.05) is 20.8 Å². The van der Waals surface area contributed by atoms with E-state index >= 15 is 0 Å². The van der Waals surface area contributed by atoms with Crippen molar-refractivity contribution < 1.29 is 33.3 Å². The monoisotopic (exact) mass is 368 g/mol. The van der Waals surface area contributed by atoms with Crippen LogP contribution in [0.15, 0.2) is 24.3 Å². The summed E-state index contributed by atoms with van der Waals surface area (Å²) >= 11 is 0. The maximum atomic E-state index is 12.0. The summed E-state index contributed by atoms with van der Waals surface area (Å²) < 4.78 is 26.0. The molecule has 0 spiro atoms. The lowest BCUT2D eigenvalue weighted by molar-refractivity contribution is -0.141. The van der Waals surface area contributed by atoms with Crippen LogP contribution in [0.4, 0.5) is 0 Å². The predicted octanol–water partition coefficient (Wildman–Crippen LogP) is 2.62. The van der Waals surface area contributed by atoms with Gasteiger partial charge in [-0.2, -0.15) is 0 Å². The van der Waals surface area contributed by atoms with Crippen molar-refractivity contribution in [1.29, 1.82) is 0 Å². The second-order valence-electron chi connectivity index (χ2n) is 6.43. The number of rotatable bonds is 11. The van der Waals surface area contributed by atoms with Gasteiger partial charge in [-0.1, -0.05) is 6.07 Å². The molecule has 0 heterocycles. The Labute approximate surface area is 154 Å². The van der Waals surface area contributed by atoms with Gasteiger partial charge in [0, 0.05) is 0 Å². The first kappa shape index (κ1) is 21.9. The molecule has 0 bridgehead atoms. The van der Waals surface area contributed by atoms with Crippen molar-refractivity contribution in [2.45, 2.75) is 32.8 Å². The maximum absolute atomic E-state index is 12.0. The van der Waals surface area contributed by atoms with Crippen molar-refractivity contribution in [3.63, 3.8) is 0 Å². The lowest BCUT2D eigenvalue weighted by Crippen LogP contribution is -2.23. The van der Waals surface area contributed by atoms with Crippen LogP contribution in [0, 0.1) is 0 Å². The minimum atomic E-state index is -0.541. The fraction of sp³-hybridized carbons (Fsp3) is 0.579. The second kappa shape index (κ2) is 11.5. The Bertz CT molecular complexity index is 563. The predicted molar refractivity (Wildman–Crippen MR) is 95.4 cm³/mol. The zero-order valence-corrected chi connectivity index (χ0v) is 15.9. The van der Waals surface area contributed by atoms with Gasteiger partial charge in [0.1, 0.15) is 18.0 Å². The molecule has 0 aromatic heterocycles. The highest BCUT2D eigenvalue weighted by Crippen LogP contribution is 2.17. The molecule has 1 aromatic rings. The van der Waals surface area contributed by atoms with Crippen molar-refractivity contribution in [2.24, 2.45) is 0 Å². The number of methoxy groups -OCH3 is 1. The van der Waals surface area contributed by atoms with Gasteiger partial charge in [-0.25, -0.2) is 4.79 Å². The smallest absolute Gasteiger partial charge is 0.338 e. The molecule has 0 fully saturated rings. The van der Waals surface area contributed by atoms with Gasteiger partial charge in [0.15, 0.2) is 0 Å². The van der Waals surface area contributed by atoms with Crippen LogP contribution in [0.3, 0.4) is 0 Å². The second-order valence-corrected chi connectivity index (χ2v) is 6.43. The van der Waals surface area contributed by atoms with Crippen molar-refractivity contribution >= 4 is 11.9 Å². The lowest BCUT2D eigenvalue weighted by atomic mass is 10.1. The molecule has 0 saturated carbocycles. The SMILES string of the molecule is COC(=O)CCOCCOCCOc1cccc(C(=O)OC(C)(C)C)c1. The first-order chi connectivity index (χ1) is 12.3. The third-order valence-electron chi connectivity index (χ3n) is 3.02. The Balaban J connectivity index is 2.19. The summed E-state index contributed by atoms with van der Waals surface area (Å²) in [5.74, 6) is -0.109. The molecule has 0 unspecified atom stereocenters. The molecule has 0 aliphatic carbocycles. The van der Waals surface area contributed by atoms with Gasteiger partial charge in [-0.05, 0) is 39.0 Å². The molecule has 1 rings (SSSR count). The highest BCUT2D eigenvalue weighted by molar-refractivity contribution is 5.90. The van der Waals surface area contributed by atoms with Crippen molar-refractivity contribution in [3.8, 4) is 5.75 Å². The first-order valence-electron chi connectivity index (χ1n) is 8.50. The van der Waals surface area contributed by atoms with Crippen LogP contribution in [-0.4, -0.2) is 57.7 Å². The molecule has 0 aliphatic heterocycles. The van der Waals surface area contributed by atoms with Gasteiger partial charge in [0.2, 0.25) is 0 Å². The summed E-state index contributed by atoms with van der Waals surface area (Å²) in [6.45, 7) is 7.31. The molecule has 0 saturated heterocycles. The summed E-state index contributed by atoms with van der Waals surface area (Å²) in [5, 5.41) is 0. The van der Waals surface area contributed by atoms with E-state index in [1.165, 1.54) is 7.11 Å². The van der Waals surface area contributed by atoms with Gasteiger partial charge >= 0.3 is 11.9 Å².